The molecule has 2 nitrogen and oxygen atoms in total. The third kappa shape index (κ3) is 2.25. The summed E-state index contributed by atoms with van der Waals surface area (Å²) in [6, 6.07) is 5.37. The Balaban J connectivity index is 2.26. The van der Waals surface area contributed by atoms with Crippen LogP contribution in [0.2, 0.25) is 5.02 Å². The molecule has 7 heteroatoms. The van der Waals surface area contributed by atoms with Crippen LogP contribution in [-0.2, 0) is 0 Å². The predicted octanol–water partition coefficient (Wildman–Crippen LogP) is 7.29. The summed E-state index contributed by atoms with van der Waals surface area (Å²) in [6.45, 7) is 0. The smallest absolute Gasteiger partial charge is 0.188 e. The van der Waals surface area contributed by atoms with Crippen molar-refractivity contribution in [2.24, 2.45) is 0 Å². The lowest BCUT2D eigenvalue weighted by Crippen LogP contribution is -2.02. The first-order valence-corrected chi connectivity index (χ1v) is 8.56. The molecule has 0 aliphatic carbocycles. The molecule has 0 saturated heterocycles. The molecule has 0 spiro atoms. The summed E-state index contributed by atoms with van der Waals surface area (Å²) in [6.07, 6.45) is 0. The van der Waals surface area contributed by atoms with Crippen LogP contribution in [-0.4, -0.2) is 0 Å². The van der Waals surface area contributed by atoms with Gasteiger partial charge in [0.15, 0.2) is 23.0 Å². The maximum Gasteiger partial charge on any atom is 0.188 e. The summed E-state index contributed by atoms with van der Waals surface area (Å²) in [5, 5.41) is 0.505. The van der Waals surface area contributed by atoms with Gasteiger partial charge in [-0.25, -0.2) is 0 Å². The van der Waals surface area contributed by atoms with Crippen LogP contribution in [0.15, 0.2) is 36.1 Å². The van der Waals surface area contributed by atoms with E-state index >= 15 is 0 Å². The van der Waals surface area contributed by atoms with E-state index in [0.29, 0.717) is 28.0 Å². The largest absolute Gasteiger partial charge is 0.448 e. The molecule has 98 valence electrons. The van der Waals surface area contributed by atoms with Gasteiger partial charge in [-0.15, -0.1) is 0 Å². The number of para-hydroxylation sites is 1. The second kappa shape index (κ2) is 5.22. The molecule has 0 unspecified atom stereocenters. The standard InChI is InChI=1S/C12H3Br4ClO2/c13-6-7(14)9(16)12-11(8(6)15)18-5-3-1-2-4(17)10(5)19-12/h1-3H. The molecule has 1 aliphatic heterocycles. The number of benzene rings is 2. The summed E-state index contributed by atoms with van der Waals surface area (Å²) in [5.74, 6) is 2.26. The number of ether oxygens (including phenoxy) is 2. The molecule has 19 heavy (non-hydrogen) atoms. The maximum atomic E-state index is 6.12. The van der Waals surface area contributed by atoms with Crippen LogP contribution >= 0.6 is 75.3 Å². The van der Waals surface area contributed by atoms with Crippen molar-refractivity contribution in [2.75, 3.05) is 0 Å². The van der Waals surface area contributed by atoms with Gasteiger partial charge in [0.2, 0.25) is 0 Å². The van der Waals surface area contributed by atoms with Crippen molar-refractivity contribution in [3.8, 4) is 23.0 Å². The number of halogens is 5. The van der Waals surface area contributed by atoms with Crippen LogP contribution in [0.3, 0.4) is 0 Å². The minimum Gasteiger partial charge on any atom is -0.448 e. The van der Waals surface area contributed by atoms with E-state index < -0.39 is 0 Å². The predicted molar refractivity (Wildman–Crippen MR) is 88.8 cm³/mol. The van der Waals surface area contributed by atoms with Crippen LogP contribution in [0.4, 0.5) is 0 Å². The molecule has 0 atom stereocenters. The quantitative estimate of drug-likeness (QED) is 0.223. The molecule has 0 amide bonds. The number of hydrogen-bond acceptors (Lipinski definition) is 2. The Bertz CT molecular complexity index is 703. The third-order valence-corrected chi connectivity index (χ3v) is 7.52. The van der Waals surface area contributed by atoms with Crippen molar-refractivity contribution in [2.45, 2.75) is 0 Å². The molecule has 0 N–H and O–H groups in total. The molecule has 0 radical (unpaired) electrons. The summed E-state index contributed by atoms with van der Waals surface area (Å²) in [7, 11) is 0. The van der Waals surface area contributed by atoms with Gasteiger partial charge in [0, 0.05) is 0 Å². The second-order valence-corrected chi connectivity index (χ2v) is 7.26. The molecular weight excluding hydrogens is 531 g/mol. The van der Waals surface area contributed by atoms with Gasteiger partial charge < -0.3 is 9.47 Å². The van der Waals surface area contributed by atoms with Crippen molar-refractivity contribution in [3.63, 3.8) is 0 Å². The van der Waals surface area contributed by atoms with Crippen molar-refractivity contribution < 1.29 is 9.47 Å². The molecular formula is C12H3Br4ClO2. The Morgan fingerprint density at radius 2 is 1.32 bits per heavy atom. The Hall–Kier alpha value is 0.250. The average Bonchev–Trinajstić information content (AvgIpc) is 2.42. The van der Waals surface area contributed by atoms with E-state index in [2.05, 4.69) is 63.7 Å². The monoisotopic (exact) mass is 530 g/mol. The topological polar surface area (TPSA) is 18.5 Å². The van der Waals surface area contributed by atoms with Crippen molar-refractivity contribution in [1.82, 2.24) is 0 Å². The fourth-order valence-corrected chi connectivity index (χ4v) is 4.07. The summed E-state index contributed by atoms with van der Waals surface area (Å²) >= 11 is 20.0. The van der Waals surface area contributed by atoms with Gasteiger partial charge in [0.05, 0.1) is 22.9 Å². The van der Waals surface area contributed by atoms with Gasteiger partial charge in [-0.1, -0.05) is 17.7 Å². The van der Waals surface area contributed by atoms with Gasteiger partial charge in [0.1, 0.15) is 0 Å². The summed E-state index contributed by atoms with van der Waals surface area (Å²) < 4.78 is 14.9. The third-order valence-electron chi connectivity index (χ3n) is 2.53. The second-order valence-electron chi connectivity index (χ2n) is 3.69. The Morgan fingerprint density at radius 3 is 1.95 bits per heavy atom. The van der Waals surface area contributed by atoms with E-state index in [-0.39, 0.29) is 0 Å². The van der Waals surface area contributed by atoms with Crippen LogP contribution in [0, 0.1) is 0 Å². The lowest BCUT2D eigenvalue weighted by Gasteiger charge is -2.24. The van der Waals surface area contributed by atoms with Gasteiger partial charge in [-0.2, -0.15) is 0 Å². The van der Waals surface area contributed by atoms with Gasteiger partial charge in [-0.05, 0) is 75.9 Å². The zero-order valence-corrected chi connectivity index (χ0v) is 16.0. The van der Waals surface area contributed by atoms with Crippen LogP contribution in [0.25, 0.3) is 0 Å². The highest BCUT2D eigenvalue weighted by molar-refractivity contribution is 9.15. The van der Waals surface area contributed by atoms with E-state index in [4.69, 9.17) is 21.1 Å². The SMILES string of the molecule is Clc1cccc2c1Oc1c(Br)c(Br)c(Br)c(Br)c1O2. The van der Waals surface area contributed by atoms with Crippen LogP contribution in [0.5, 0.6) is 23.0 Å². The zero-order valence-electron chi connectivity index (χ0n) is 8.94. The maximum absolute atomic E-state index is 6.12. The summed E-state index contributed by atoms with van der Waals surface area (Å²) in [5.41, 5.74) is 0. The Morgan fingerprint density at radius 1 is 0.737 bits per heavy atom. The van der Waals surface area contributed by atoms with Crippen molar-refractivity contribution in [1.29, 1.82) is 0 Å². The Labute approximate surface area is 147 Å². The van der Waals surface area contributed by atoms with E-state index in [1.54, 1.807) is 12.1 Å². The molecule has 2 aromatic carbocycles. The normalized spacial score (nSPS) is 12.3. The minimum atomic E-state index is 0.505. The van der Waals surface area contributed by atoms with Gasteiger partial charge in [0.25, 0.3) is 0 Å². The van der Waals surface area contributed by atoms with Gasteiger partial charge in [-0.3, -0.25) is 0 Å². The highest BCUT2D eigenvalue weighted by atomic mass is 79.9. The molecule has 0 aromatic heterocycles. The molecule has 1 heterocycles. The number of fused-ring (bicyclic) bond motifs is 2. The minimum absolute atomic E-state index is 0.505. The first-order valence-electron chi connectivity index (χ1n) is 5.01. The first-order chi connectivity index (χ1) is 9.00. The van der Waals surface area contributed by atoms with E-state index in [0.717, 1.165) is 17.9 Å². The first kappa shape index (κ1) is 14.2. The Kier molecular flexibility index (Phi) is 3.90. The van der Waals surface area contributed by atoms with Crippen molar-refractivity contribution in [3.05, 3.63) is 41.1 Å². The molecule has 0 bridgehead atoms. The van der Waals surface area contributed by atoms with Crippen LogP contribution in [0.1, 0.15) is 0 Å². The van der Waals surface area contributed by atoms with E-state index in [1.807, 2.05) is 6.07 Å². The fraction of sp³-hybridized carbons (Fsp3) is 0. The van der Waals surface area contributed by atoms with E-state index in [9.17, 15) is 0 Å². The number of rotatable bonds is 0. The summed E-state index contributed by atoms with van der Waals surface area (Å²) in [4.78, 5) is 0. The van der Waals surface area contributed by atoms with Gasteiger partial charge >= 0.3 is 0 Å². The lowest BCUT2D eigenvalue weighted by atomic mass is 10.2. The van der Waals surface area contributed by atoms with Crippen LogP contribution < -0.4 is 9.47 Å². The lowest BCUT2D eigenvalue weighted by molar-refractivity contribution is 0.355. The van der Waals surface area contributed by atoms with Crippen molar-refractivity contribution >= 4 is 75.3 Å². The molecule has 2 aromatic rings. The highest BCUT2D eigenvalue weighted by Gasteiger charge is 2.29. The fourth-order valence-electron chi connectivity index (χ4n) is 1.65. The average molecular weight is 534 g/mol. The molecule has 0 saturated carbocycles. The molecule has 1 aliphatic rings. The molecule has 3 rings (SSSR count). The highest BCUT2D eigenvalue weighted by Crippen LogP contribution is 2.57. The van der Waals surface area contributed by atoms with E-state index in [1.165, 1.54) is 0 Å². The zero-order chi connectivity index (χ0) is 13.7. The molecule has 0 fully saturated rings. The number of hydrogen-bond donors (Lipinski definition) is 0.